The van der Waals surface area contributed by atoms with Crippen molar-refractivity contribution in [1.29, 1.82) is 0 Å². The van der Waals surface area contributed by atoms with E-state index in [2.05, 4.69) is 39.8 Å². The molecule has 1 aromatic heterocycles. The van der Waals surface area contributed by atoms with Gasteiger partial charge in [0.05, 0.1) is 6.67 Å². The number of tetrazole rings is 1. The van der Waals surface area contributed by atoms with Gasteiger partial charge in [-0.15, -0.1) is 16.9 Å². The molecule has 2 aromatic rings. The molecule has 3 N–H and O–H groups in total. The number of rotatable bonds is 3. The van der Waals surface area contributed by atoms with Gasteiger partial charge >= 0.3 is 0 Å². The molecule has 0 saturated carbocycles. The highest BCUT2D eigenvalue weighted by Gasteiger charge is 2.65. The molecule has 28 heavy (non-hydrogen) atoms. The number of amides is 2. The zero-order chi connectivity index (χ0) is 19.6. The summed E-state index contributed by atoms with van der Waals surface area (Å²) < 4.78 is -0.289. The third-order valence-electron chi connectivity index (χ3n) is 5.59. The van der Waals surface area contributed by atoms with E-state index >= 15 is 0 Å². The smallest absolute Gasteiger partial charge is 0.250 e. The van der Waals surface area contributed by atoms with Crippen molar-refractivity contribution in [2.45, 2.75) is 42.1 Å². The number of aromatic hydroxyl groups is 1. The Balaban J connectivity index is 1.38. The number of β-lactam (4-membered cyclic amide) rings is 1. The predicted molar refractivity (Wildman–Crippen MR) is 98.7 cm³/mol. The molecule has 1 aromatic carbocycles. The first-order chi connectivity index (χ1) is 13.4. The number of benzene rings is 1. The topological polar surface area (TPSA) is 127 Å². The first-order valence-electron chi connectivity index (χ1n) is 8.95. The fourth-order valence-corrected chi connectivity index (χ4v) is 6.00. The standard InChI is InChI=1S/C17H19N7O3S/c1-17(2)12(13-19-21-22-20-13)24-15(27)11(16(24)28-17)23-7-18-10(14(23)26)8-3-5-9(25)6-4-8/h3-6,10-12,16,18,25H,7H2,1-2H3,(H,19,20,21,22)/t10?,11?,12?,16-/m1/s1. The van der Waals surface area contributed by atoms with E-state index in [0.29, 0.717) is 12.5 Å². The highest BCUT2D eigenvalue weighted by atomic mass is 32.2. The van der Waals surface area contributed by atoms with Crippen LogP contribution in [0.25, 0.3) is 0 Å². The van der Waals surface area contributed by atoms with Crippen LogP contribution in [0.2, 0.25) is 0 Å². The van der Waals surface area contributed by atoms with Crippen molar-refractivity contribution in [3.05, 3.63) is 35.7 Å². The number of hydrogen-bond donors (Lipinski definition) is 3. The zero-order valence-electron chi connectivity index (χ0n) is 15.2. The number of phenolic OH excluding ortho intramolecular Hbond substituents is 1. The Morgan fingerprint density at radius 3 is 2.64 bits per heavy atom. The number of carbonyl (C=O) groups excluding carboxylic acids is 2. The van der Waals surface area contributed by atoms with Crippen LogP contribution in [0.5, 0.6) is 5.75 Å². The molecule has 11 heteroatoms. The summed E-state index contributed by atoms with van der Waals surface area (Å²) in [5.74, 6) is 0.478. The SMILES string of the molecule is CC1(C)S[C@@H]2C(N3CNC(c4ccc(O)cc4)C3=O)C(=O)N2C1c1nnn[nH]1. The molecule has 4 heterocycles. The Kier molecular flexibility index (Phi) is 3.68. The van der Waals surface area contributed by atoms with Gasteiger partial charge in [-0.1, -0.05) is 12.1 Å². The van der Waals surface area contributed by atoms with Crippen molar-refractivity contribution in [3.8, 4) is 5.75 Å². The summed E-state index contributed by atoms with van der Waals surface area (Å²) in [7, 11) is 0. The van der Waals surface area contributed by atoms with Crippen molar-refractivity contribution in [3.63, 3.8) is 0 Å². The van der Waals surface area contributed by atoms with E-state index < -0.39 is 12.1 Å². The number of hydrogen-bond acceptors (Lipinski definition) is 8. The highest BCUT2D eigenvalue weighted by molar-refractivity contribution is 8.01. The minimum absolute atomic E-state index is 0.0917. The van der Waals surface area contributed by atoms with Gasteiger partial charge in [0.2, 0.25) is 11.8 Å². The summed E-state index contributed by atoms with van der Waals surface area (Å²) in [5.41, 5.74) is 0.763. The van der Waals surface area contributed by atoms with Crippen molar-refractivity contribution in [2.24, 2.45) is 0 Å². The number of aromatic amines is 1. The van der Waals surface area contributed by atoms with Crippen molar-refractivity contribution < 1.29 is 14.7 Å². The lowest BCUT2D eigenvalue weighted by atomic mass is 9.94. The summed E-state index contributed by atoms with van der Waals surface area (Å²) in [6, 6.07) is 5.24. The molecular formula is C17H19N7O3S. The fraction of sp³-hybridized carbons (Fsp3) is 0.471. The molecule has 0 aliphatic carbocycles. The van der Waals surface area contributed by atoms with Crippen LogP contribution in [-0.2, 0) is 9.59 Å². The number of fused-ring (bicyclic) bond motifs is 1. The Labute approximate surface area is 164 Å². The average molecular weight is 401 g/mol. The Bertz CT molecular complexity index is 933. The Morgan fingerprint density at radius 2 is 1.96 bits per heavy atom. The maximum atomic E-state index is 13.0. The molecule has 3 fully saturated rings. The number of nitrogens with zero attached hydrogens (tertiary/aromatic N) is 5. The van der Waals surface area contributed by atoms with E-state index in [1.807, 2.05) is 0 Å². The third-order valence-corrected chi connectivity index (χ3v) is 7.15. The second-order valence-electron chi connectivity index (χ2n) is 7.69. The minimum atomic E-state index is -0.517. The first kappa shape index (κ1) is 17.4. The molecule has 5 rings (SSSR count). The molecule has 146 valence electrons. The third kappa shape index (κ3) is 2.35. The summed E-state index contributed by atoms with van der Waals surface area (Å²) in [5, 5.41) is 26.6. The molecule has 2 amide bonds. The second-order valence-corrected chi connectivity index (χ2v) is 9.46. The predicted octanol–water partition coefficient (Wildman–Crippen LogP) is 0.139. The van der Waals surface area contributed by atoms with E-state index in [4.69, 9.17) is 0 Å². The van der Waals surface area contributed by atoms with Gasteiger partial charge in [0.1, 0.15) is 29.2 Å². The number of carbonyl (C=O) groups is 2. The number of thioether (sulfide) groups is 1. The largest absolute Gasteiger partial charge is 0.508 e. The van der Waals surface area contributed by atoms with E-state index in [1.165, 1.54) is 0 Å². The van der Waals surface area contributed by atoms with Gasteiger partial charge < -0.3 is 14.9 Å². The summed E-state index contributed by atoms with van der Waals surface area (Å²) >= 11 is 1.66. The molecular weight excluding hydrogens is 382 g/mol. The molecule has 3 unspecified atom stereocenters. The van der Waals surface area contributed by atoms with E-state index in [0.717, 1.165) is 5.56 Å². The van der Waals surface area contributed by atoms with Gasteiger partial charge in [0.15, 0.2) is 5.82 Å². The minimum Gasteiger partial charge on any atom is -0.508 e. The molecule has 3 saturated heterocycles. The van der Waals surface area contributed by atoms with Gasteiger partial charge in [0.25, 0.3) is 0 Å². The van der Waals surface area contributed by atoms with Gasteiger partial charge in [0, 0.05) is 4.75 Å². The Morgan fingerprint density at radius 1 is 1.21 bits per heavy atom. The van der Waals surface area contributed by atoms with Crippen molar-refractivity contribution in [2.75, 3.05) is 6.67 Å². The molecule has 0 bridgehead atoms. The molecule has 0 radical (unpaired) electrons. The fourth-order valence-electron chi connectivity index (χ4n) is 4.29. The van der Waals surface area contributed by atoms with Crippen LogP contribution < -0.4 is 5.32 Å². The van der Waals surface area contributed by atoms with Crippen molar-refractivity contribution in [1.82, 2.24) is 35.7 Å². The van der Waals surface area contributed by atoms with E-state index in [9.17, 15) is 14.7 Å². The molecule has 3 aliphatic heterocycles. The van der Waals surface area contributed by atoms with Crippen LogP contribution in [0.3, 0.4) is 0 Å². The maximum absolute atomic E-state index is 13.0. The van der Waals surface area contributed by atoms with Crippen LogP contribution in [0.15, 0.2) is 24.3 Å². The van der Waals surface area contributed by atoms with Gasteiger partial charge in [-0.2, -0.15) is 0 Å². The maximum Gasteiger partial charge on any atom is 0.250 e. The van der Waals surface area contributed by atoms with Crippen LogP contribution in [0.1, 0.15) is 37.3 Å². The Hall–Kier alpha value is -2.66. The lowest BCUT2D eigenvalue weighted by molar-refractivity contribution is -0.161. The highest BCUT2D eigenvalue weighted by Crippen LogP contribution is 2.57. The number of H-pyrrole nitrogens is 1. The van der Waals surface area contributed by atoms with E-state index in [1.54, 1.807) is 45.8 Å². The quantitative estimate of drug-likeness (QED) is 0.620. The molecule has 0 spiro atoms. The first-order valence-corrected chi connectivity index (χ1v) is 9.83. The monoisotopic (exact) mass is 401 g/mol. The number of phenols is 1. The molecule has 4 atom stereocenters. The molecule has 10 nitrogen and oxygen atoms in total. The van der Waals surface area contributed by atoms with Gasteiger partial charge in [-0.05, 0) is 42.0 Å². The molecule has 3 aliphatic rings. The summed E-state index contributed by atoms with van der Waals surface area (Å²) in [6.07, 6.45) is 0. The normalized spacial score (nSPS) is 31.2. The van der Waals surface area contributed by atoms with Crippen LogP contribution >= 0.6 is 11.8 Å². The van der Waals surface area contributed by atoms with Crippen LogP contribution in [0.4, 0.5) is 0 Å². The second kappa shape index (κ2) is 5.92. The van der Waals surface area contributed by atoms with Crippen LogP contribution in [-0.4, -0.2) is 70.2 Å². The number of nitrogens with one attached hydrogen (secondary N) is 2. The van der Waals surface area contributed by atoms with Gasteiger partial charge in [-0.25, -0.2) is 5.10 Å². The lowest BCUT2D eigenvalue weighted by Gasteiger charge is -2.47. The van der Waals surface area contributed by atoms with E-state index in [-0.39, 0.29) is 33.7 Å². The van der Waals surface area contributed by atoms with Crippen molar-refractivity contribution >= 4 is 23.6 Å². The van der Waals surface area contributed by atoms with Gasteiger partial charge in [-0.3, -0.25) is 14.9 Å². The van der Waals surface area contributed by atoms with Crippen LogP contribution in [0, 0.1) is 0 Å². The lowest BCUT2D eigenvalue weighted by Crippen LogP contribution is -2.68. The average Bonchev–Trinajstić information content (AvgIpc) is 3.35. The summed E-state index contributed by atoms with van der Waals surface area (Å²) in [6.45, 7) is 4.41. The summed E-state index contributed by atoms with van der Waals surface area (Å²) in [4.78, 5) is 29.4. The zero-order valence-corrected chi connectivity index (χ0v) is 16.1. The number of aromatic nitrogens is 4.